The van der Waals surface area contributed by atoms with E-state index in [4.69, 9.17) is 10.1 Å². The number of alkyl halides is 1. The Labute approximate surface area is 141 Å². The van der Waals surface area contributed by atoms with Crippen molar-refractivity contribution in [3.63, 3.8) is 0 Å². The van der Waals surface area contributed by atoms with Crippen molar-refractivity contribution in [1.82, 2.24) is 5.32 Å². The summed E-state index contributed by atoms with van der Waals surface area (Å²) in [6, 6.07) is -0.106. The lowest BCUT2D eigenvalue weighted by molar-refractivity contribution is -0.156. The van der Waals surface area contributed by atoms with Gasteiger partial charge in [0.05, 0.1) is 23.3 Å². The lowest BCUT2D eigenvalue weighted by Gasteiger charge is -2.36. The van der Waals surface area contributed by atoms with E-state index in [1.165, 1.54) is 0 Å². The minimum Gasteiger partial charge on any atom is -0.478 e. The predicted molar refractivity (Wildman–Crippen MR) is 86.7 cm³/mol. The molecule has 6 nitrogen and oxygen atoms in total. The zero-order valence-electron chi connectivity index (χ0n) is 14.2. The Morgan fingerprint density at radius 1 is 1.33 bits per heavy atom. The highest BCUT2D eigenvalue weighted by molar-refractivity contribution is 6.08. The zero-order valence-corrected chi connectivity index (χ0v) is 14.2. The molecule has 0 saturated heterocycles. The van der Waals surface area contributed by atoms with Gasteiger partial charge in [-0.1, -0.05) is 0 Å². The molecular weight excluding hydrogens is 315 g/mol. The fraction of sp³-hybridized carbons (Fsp3) is 0.706. The number of hydrogen-bond donors (Lipinski definition) is 3. The summed E-state index contributed by atoms with van der Waals surface area (Å²) in [7, 11) is 0. The summed E-state index contributed by atoms with van der Waals surface area (Å²) in [6.07, 6.45) is 3.68. The van der Waals surface area contributed by atoms with Crippen molar-refractivity contribution in [2.75, 3.05) is 6.61 Å². The fourth-order valence-corrected chi connectivity index (χ4v) is 3.16. The van der Waals surface area contributed by atoms with Gasteiger partial charge < -0.3 is 20.6 Å². The van der Waals surface area contributed by atoms with Crippen LogP contribution in [0, 0.1) is 10.8 Å². The van der Waals surface area contributed by atoms with E-state index < -0.39 is 17.1 Å². The number of rotatable bonds is 7. The van der Waals surface area contributed by atoms with Crippen molar-refractivity contribution >= 4 is 18.2 Å². The molecule has 0 unspecified atom stereocenters. The van der Waals surface area contributed by atoms with Crippen molar-refractivity contribution in [2.45, 2.75) is 64.1 Å². The maximum atomic E-state index is 14.5. The van der Waals surface area contributed by atoms with Gasteiger partial charge in [0.1, 0.15) is 0 Å². The van der Waals surface area contributed by atoms with Crippen LogP contribution < -0.4 is 5.32 Å². The summed E-state index contributed by atoms with van der Waals surface area (Å²) in [6.45, 7) is 3.98. The number of carboxylic acids is 1. The largest absolute Gasteiger partial charge is 0.478 e. The molecular formula is C17H25FN2O4. The summed E-state index contributed by atoms with van der Waals surface area (Å²) >= 11 is 0. The van der Waals surface area contributed by atoms with Crippen LogP contribution in [0.4, 0.5) is 4.39 Å². The first-order valence-corrected chi connectivity index (χ1v) is 8.37. The molecule has 7 heteroatoms. The van der Waals surface area contributed by atoms with Gasteiger partial charge in [0, 0.05) is 12.3 Å². The molecule has 0 aromatic heterocycles. The maximum Gasteiger partial charge on any atom is 0.339 e. The van der Waals surface area contributed by atoms with Gasteiger partial charge in [-0.3, -0.25) is 4.79 Å². The molecule has 0 heterocycles. The normalized spacial score (nSPS) is 29.2. The van der Waals surface area contributed by atoms with E-state index in [0.717, 1.165) is 0 Å². The minimum atomic E-state index is -1.66. The van der Waals surface area contributed by atoms with E-state index in [9.17, 15) is 19.1 Å². The Bertz CT molecular complexity index is 561. The molecule has 0 atom stereocenters. The molecule has 3 N–H and O–H groups in total. The Balaban J connectivity index is 2.07. The first kappa shape index (κ1) is 18.4. The first-order valence-electron chi connectivity index (χ1n) is 8.37. The van der Waals surface area contributed by atoms with Crippen LogP contribution in [0.1, 0.15) is 52.4 Å². The van der Waals surface area contributed by atoms with E-state index in [2.05, 4.69) is 5.32 Å². The molecule has 2 fully saturated rings. The molecule has 2 aliphatic rings. The van der Waals surface area contributed by atoms with Crippen LogP contribution in [-0.2, 0) is 14.3 Å². The van der Waals surface area contributed by atoms with E-state index >= 15 is 0 Å². The lowest BCUT2D eigenvalue weighted by Crippen LogP contribution is -2.42. The number of aliphatic carboxylic acids is 1. The molecule has 2 saturated carbocycles. The van der Waals surface area contributed by atoms with E-state index in [-0.39, 0.29) is 36.1 Å². The molecule has 0 aromatic carbocycles. The van der Waals surface area contributed by atoms with Gasteiger partial charge >= 0.3 is 11.9 Å². The number of carboxylic acid groups (broad SMARTS) is 1. The summed E-state index contributed by atoms with van der Waals surface area (Å²) in [5, 5.41) is 19.5. The van der Waals surface area contributed by atoms with Gasteiger partial charge in [0.2, 0.25) is 0 Å². The molecule has 0 bridgehead atoms. The SMILES string of the molecule is CCOC(=O)[C@]1(C)CC[C@@H](N/C(=C(\C=N)C(=O)O)C2(F)CC2)CC1. The third kappa shape index (κ3) is 3.76. The van der Waals surface area contributed by atoms with Gasteiger partial charge in [-0.2, -0.15) is 0 Å². The highest BCUT2D eigenvalue weighted by Crippen LogP contribution is 2.47. The van der Waals surface area contributed by atoms with Crippen LogP contribution in [-0.4, -0.2) is 41.6 Å². The second kappa shape index (κ2) is 6.91. The van der Waals surface area contributed by atoms with Crippen molar-refractivity contribution in [3.05, 3.63) is 11.3 Å². The van der Waals surface area contributed by atoms with Crippen LogP contribution in [0.5, 0.6) is 0 Å². The van der Waals surface area contributed by atoms with Gasteiger partial charge in [-0.15, -0.1) is 0 Å². The smallest absolute Gasteiger partial charge is 0.339 e. The lowest BCUT2D eigenvalue weighted by atomic mass is 9.74. The maximum absolute atomic E-state index is 14.5. The van der Waals surface area contributed by atoms with Gasteiger partial charge in [-0.25, -0.2) is 9.18 Å². The molecule has 0 radical (unpaired) electrons. The molecule has 2 aliphatic carbocycles. The second-order valence-electron chi connectivity index (χ2n) is 6.90. The first-order chi connectivity index (χ1) is 11.3. The molecule has 0 amide bonds. The van der Waals surface area contributed by atoms with Crippen LogP contribution in [0.25, 0.3) is 0 Å². The molecule has 2 rings (SSSR count). The Morgan fingerprint density at radius 3 is 2.33 bits per heavy atom. The molecule has 0 aliphatic heterocycles. The molecule has 0 spiro atoms. The third-order valence-corrected chi connectivity index (χ3v) is 4.99. The van der Waals surface area contributed by atoms with Gasteiger partial charge in [-0.05, 0) is 52.4 Å². The number of hydrogen-bond acceptors (Lipinski definition) is 5. The molecule has 0 aromatic rings. The summed E-state index contributed by atoms with van der Waals surface area (Å²) < 4.78 is 19.7. The van der Waals surface area contributed by atoms with Crippen LogP contribution in [0.15, 0.2) is 11.3 Å². The van der Waals surface area contributed by atoms with Crippen molar-refractivity contribution in [1.29, 1.82) is 5.41 Å². The summed E-state index contributed by atoms with van der Waals surface area (Å²) in [4.78, 5) is 23.3. The Kier molecular flexibility index (Phi) is 5.30. The highest BCUT2D eigenvalue weighted by atomic mass is 19.1. The van der Waals surface area contributed by atoms with Crippen LogP contribution >= 0.6 is 0 Å². The predicted octanol–water partition coefficient (Wildman–Crippen LogP) is 2.58. The molecule has 24 heavy (non-hydrogen) atoms. The Morgan fingerprint density at radius 2 is 1.92 bits per heavy atom. The third-order valence-electron chi connectivity index (χ3n) is 4.99. The van der Waals surface area contributed by atoms with E-state index in [1.54, 1.807) is 6.92 Å². The van der Waals surface area contributed by atoms with Gasteiger partial charge in [0.25, 0.3) is 0 Å². The number of halogens is 1. The highest BCUT2D eigenvalue weighted by Gasteiger charge is 2.50. The van der Waals surface area contributed by atoms with Crippen LogP contribution in [0.2, 0.25) is 0 Å². The standard InChI is InChI=1S/C17H25FN2O4/c1-3-24-15(23)16(2)6-4-11(5-7-16)20-13(17(18)8-9-17)12(10-19)14(21)22/h10-11,19-20H,3-9H2,1-2H3,(H,21,22)/b13-12+,19-10?/t11-,16-. The number of ether oxygens (including phenoxy) is 1. The van der Waals surface area contributed by atoms with Crippen molar-refractivity contribution < 1.29 is 23.8 Å². The second-order valence-corrected chi connectivity index (χ2v) is 6.90. The molecule has 134 valence electrons. The average Bonchev–Trinajstić information content (AvgIpc) is 3.28. The number of nitrogens with one attached hydrogen (secondary N) is 2. The van der Waals surface area contributed by atoms with Crippen LogP contribution in [0.3, 0.4) is 0 Å². The average molecular weight is 340 g/mol. The number of carbonyl (C=O) groups excluding carboxylic acids is 1. The summed E-state index contributed by atoms with van der Waals surface area (Å²) in [5.74, 6) is -1.52. The van der Waals surface area contributed by atoms with Gasteiger partial charge in [0.15, 0.2) is 5.67 Å². The van der Waals surface area contributed by atoms with E-state index in [0.29, 0.717) is 38.5 Å². The topological polar surface area (TPSA) is 99.5 Å². The minimum absolute atomic E-state index is 0.00902. The monoisotopic (exact) mass is 340 g/mol. The number of carbonyl (C=O) groups is 2. The number of esters is 1. The summed E-state index contributed by atoms with van der Waals surface area (Å²) in [5.41, 5.74) is -2.52. The van der Waals surface area contributed by atoms with Crippen molar-refractivity contribution in [2.24, 2.45) is 5.41 Å². The zero-order chi connectivity index (χ0) is 18.0. The number of allylic oxidation sites excluding steroid dienone is 1. The van der Waals surface area contributed by atoms with Crippen molar-refractivity contribution in [3.8, 4) is 0 Å². The fourth-order valence-electron chi connectivity index (χ4n) is 3.16. The quantitative estimate of drug-likeness (QED) is 0.376. The van der Waals surface area contributed by atoms with E-state index in [1.807, 2.05) is 6.92 Å². The Hall–Kier alpha value is -1.92.